The van der Waals surface area contributed by atoms with E-state index >= 15 is 0 Å². The second kappa shape index (κ2) is 8.27. The Morgan fingerprint density at radius 2 is 1.87 bits per heavy atom. The van der Waals surface area contributed by atoms with Gasteiger partial charge in [-0.05, 0) is 18.6 Å². The molecule has 1 saturated heterocycles. The summed E-state index contributed by atoms with van der Waals surface area (Å²) >= 11 is 0. The molecule has 2 N–H and O–H groups in total. The number of anilines is 1. The Balaban J connectivity index is 1.34. The summed E-state index contributed by atoms with van der Waals surface area (Å²) in [5, 5.41) is 8.68. The summed E-state index contributed by atoms with van der Waals surface area (Å²) in [6.07, 6.45) is 1.99. The Bertz CT molecular complexity index is 1160. The third-order valence-electron chi connectivity index (χ3n) is 5.65. The van der Waals surface area contributed by atoms with Crippen LogP contribution in [0.1, 0.15) is 11.4 Å². The maximum absolute atomic E-state index is 5.42. The Labute approximate surface area is 180 Å². The summed E-state index contributed by atoms with van der Waals surface area (Å²) < 4.78 is 7.29. The Hall–Kier alpha value is -3.59. The molecule has 0 unspecified atom stereocenters. The molecule has 5 rings (SSSR count). The quantitative estimate of drug-likeness (QED) is 0.508. The van der Waals surface area contributed by atoms with Crippen LogP contribution in [0.15, 0.2) is 53.2 Å². The van der Waals surface area contributed by atoms with Crippen LogP contribution < -0.4 is 14.8 Å². The summed E-state index contributed by atoms with van der Waals surface area (Å²) in [7, 11) is 2.24. The number of likely N-dealkylation sites (N-methyl/N-ethyl adjacent to an activating group) is 1. The summed E-state index contributed by atoms with van der Waals surface area (Å²) in [6, 6.07) is 14.0. The molecule has 0 spiro atoms. The van der Waals surface area contributed by atoms with Crippen molar-refractivity contribution < 1.29 is 14.4 Å². The van der Waals surface area contributed by atoms with Gasteiger partial charge in [0.15, 0.2) is 0 Å². The average Bonchev–Trinajstić information content (AvgIpc) is 3.43. The van der Waals surface area contributed by atoms with E-state index in [0.717, 1.165) is 48.9 Å². The topological polar surface area (TPSA) is 91.4 Å². The van der Waals surface area contributed by atoms with E-state index in [4.69, 9.17) is 4.52 Å². The number of aryl methyl sites for hydroxylation is 1. The number of piperazine rings is 1. The highest BCUT2D eigenvalue weighted by Gasteiger charge is 2.24. The molecule has 4 aromatic rings. The summed E-state index contributed by atoms with van der Waals surface area (Å²) in [6.45, 7) is 6.97. The first kappa shape index (κ1) is 19.4. The molecule has 1 aliphatic rings. The molecule has 3 aromatic heterocycles. The van der Waals surface area contributed by atoms with E-state index in [9.17, 15) is 0 Å². The zero-order chi connectivity index (χ0) is 21.2. The maximum atomic E-state index is 5.42. The van der Waals surface area contributed by atoms with Gasteiger partial charge in [0, 0.05) is 11.6 Å². The number of benzene rings is 1. The van der Waals surface area contributed by atoms with Crippen molar-refractivity contribution in [3.05, 3.63) is 60.0 Å². The standard InChI is InChI=1S/C22H24N8O/c1-16-24-21(22-25-20(27-31-22)18-6-4-3-5-7-18)26-30(16)15-17-8-9-23-19(14-17)29-12-10-28(2)11-13-29/h3-9,14H,10-13,15H2,1-2H3/p+2. The summed E-state index contributed by atoms with van der Waals surface area (Å²) in [5.74, 6) is 3.24. The molecule has 1 fully saturated rings. The molecule has 0 saturated carbocycles. The first-order valence-corrected chi connectivity index (χ1v) is 10.5. The van der Waals surface area contributed by atoms with Gasteiger partial charge in [0.25, 0.3) is 11.7 Å². The number of nitrogens with zero attached hydrogens (tertiary/aromatic N) is 6. The first-order chi connectivity index (χ1) is 15.2. The minimum Gasteiger partial charge on any atom is -0.331 e. The van der Waals surface area contributed by atoms with Crippen LogP contribution in [0, 0.1) is 6.92 Å². The van der Waals surface area contributed by atoms with Crippen LogP contribution >= 0.6 is 0 Å². The minimum atomic E-state index is 0.322. The van der Waals surface area contributed by atoms with Gasteiger partial charge in [-0.25, -0.2) is 14.6 Å². The molecule has 31 heavy (non-hydrogen) atoms. The van der Waals surface area contributed by atoms with Gasteiger partial charge in [0.1, 0.15) is 32.0 Å². The molecular weight excluding hydrogens is 392 g/mol. The lowest BCUT2D eigenvalue weighted by molar-refractivity contribution is -0.880. The zero-order valence-electron chi connectivity index (χ0n) is 17.7. The lowest BCUT2D eigenvalue weighted by atomic mass is 10.2. The highest BCUT2D eigenvalue weighted by atomic mass is 16.5. The van der Waals surface area contributed by atoms with Gasteiger partial charge in [-0.15, -0.1) is 5.10 Å². The molecule has 0 amide bonds. The second-order valence-electron chi connectivity index (χ2n) is 7.96. The van der Waals surface area contributed by atoms with E-state index in [2.05, 4.69) is 49.3 Å². The number of quaternary nitrogens is 1. The van der Waals surface area contributed by atoms with Crippen molar-refractivity contribution in [2.24, 2.45) is 0 Å². The number of hydrogen-bond donors (Lipinski definition) is 1. The van der Waals surface area contributed by atoms with Crippen molar-refractivity contribution in [1.82, 2.24) is 24.9 Å². The third kappa shape index (κ3) is 4.17. The molecular formula is C22H26N8O+2. The molecule has 0 radical (unpaired) electrons. The Morgan fingerprint density at radius 3 is 2.68 bits per heavy atom. The van der Waals surface area contributed by atoms with Crippen LogP contribution in [0.2, 0.25) is 0 Å². The van der Waals surface area contributed by atoms with Crippen molar-refractivity contribution in [3.63, 3.8) is 0 Å². The highest BCUT2D eigenvalue weighted by Crippen LogP contribution is 2.20. The van der Waals surface area contributed by atoms with Crippen molar-refractivity contribution in [2.45, 2.75) is 13.5 Å². The monoisotopic (exact) mass is 418 g/mol. The van der Waals surface area contributed by atoms with E-state index in [1.165, 1.54) is 0 Å². The van der Waals surface area contributed by atoms with E-state index in [-0.39, 0.29) is 0 Å². The van der Waals surface area contributed by atoms with Crippen LogP contribution in [-0.4, -0.2) is 58.1 Å². The fourth-order valence-corrected chi connectivity index (χ4v) is 3.76. The highest BCUT2D eigenvalue weighted by molar-refractivity contribution is 5.56. The van der Waals surface area contributed by atoms with E-state index in [1.807, 2.05) is 48.1 Å². The van der Waals surface area contributed by atoms with Gasteiger partial charge in [-0.1, -0.05) is 35.5 Å². The normalized spacial score (nSPS) is 14.8. The lowest BCUT2D eigenvalue weighted by Crippen LogP contribution is -3.12. The molecule has 9 heteroatoms. The van der Waals surface area contributed by atoms with Crippen LogP contribution in [0.3, 0.4) is 0 Å². The Kier molecular flexibility index (Phi) is 5.17. The minimum absolute atomic E-state index is 0.322. The molecule has 1 aromatic carbocycles. The van der Waals surface area contributed by atoms with E-state index < -0.39 is 0 Å². The predicted molar refractivity (Wildman–Crippen MR) is 114 cm³/mol. The largest absolute Gasteiger partial charge is 0.331 e. The summed E-state index contributed by atoms with van der Waals surface area (Å²) in [5.41, 5.74) is 2.06. The maximum Gasteiger partial charge on any atom is 0.297 e. The number of nitrogens with one attached hydrogen (secondary N) is 2. The molecule has 0 atom stereocenters. The van der Waals surface area contributed by atoms with Crippen LogP contribution in [0.4, 0.5) is 5.82 Å². The first-order valence-electron chi connectivity index (χ1n) is 10.5. The molecule has 158 valence electrons. The van der Waals surface area contributed by atoms with Crippen LogP contribution in [0.25, 0.3) is 23.1 Å². The van der Waals surface area contributed by atoms with Crippen molar-refractivity contribution in [1.29, 1.82) is 0 Å². The van der Waals surface area contributed by atoms with Crippen LogP contribution in [-0.2, 0) is 6.54 Å². The SMILES string of the molecule is Cc1nc(-c2nc(-c3ccccc3)no2)nn1Cc1cc[nH+]c(N2CC[NH+](C)CC2)c1. The van der Waals surface area contributed by atoms with Gasteiger partial charge < -0.3 is 9.42 Å². The number of hydrogen-bond acceptors (Lipinski definition) is 6. The van der Waals surface area contributed by atoms with Crippen molar-refractivity contribution in [3.8, 4) is 23.1 Å². The van der Waals surface area contributed by atoms with Gasteiger partial charge in [0.05, 0.1) is 19.8 Å². The molecule has 4 heterocycles. The predicted octanol–water partition coefficient (Wildman–Crippen LogP) is 0.501. The van der Waals surface area contributed by atoms with Gasteiger partial charge >= 0.3 is 0 Å². The Morgan fingerprint density at radius 1 is 1.06 bits per heavy atom. The second-order valence-corrected chi connectivity index (χ2v) is 7.96. The number of rotatable bonds is 5. The fraction of sp³-hybridized carbons (Fsp3) is 0.318. The third-order valence-corrected chi connectivity index (χ3v) is 5.65. The number of pyridine rings is 1. The smallest absolute Gasteiger partial charge is 0.297 e. The van der Waals surface area contributed by atoms with E-state index in [0.29, 0.717) is 24.1 Å². The molecule has 1 aliphatic heterocycles. The lowest BCUT2D eigenvalue weighted by Gasteiger charge is -2.25. The number of aromatic nitrogens is 6. The fourth-order valence-electron chi connectivity index (χ4n) is 3.76. The van der Waals surface area contributed by atoms with Crippen molar-refractivity contribution in [2.75, 3.05) is 38.1 Å². The van der Waals surface area contributed by atoms with Gasteiger partial charge in [-0.2, -0.15) is 4.98 Å². The average molecular weight is 419 g/mol. The van der Waals surface area contributed by atoms with Gasteiger partial charge in [0.2, 0.25) is 11.6 Å². The van der Waals surface area contributed by atoms with Crippen molar-refractivity contribution >= 4 is 5.82 Å². The van der Waals surface area contributed by atoms with Crippen LogP contribution in [0.5, 0.6) is 0 Å². The molecule has 9 nitrogen and oxygen atoms in total. The molecule has 0 aliphatic carbocycles. The van der Waals surface area contributed by atoms with E-state index in [1.54, 1.807) is 4.90 Å². The molecule has 0 bridgehead atoms. The number of aromatic amines is 1. The summed E-state index contributed by atoms with van der Waals surface area (Å²) in [4.78, 5) is 16.4. The van der Waals surface area contributed by atoms with Gasteiger partial charge in [-0.3, -0.25) is 4.90 Å². The zero-order valence-corrected chi connectivity index (χ0v) is 17.7. The number of H-pyrrole nitrogens is 1.